The maximum Gasteiger partial charge on any atom is 0.191 e. The Morgan fingerprint density at radius 3 is 2.20 bits per heavy atom. The van der Waals surface area contributed by atoms with Gasteiger partial charge in [-0.1, -0.05) is 13.8 Å². The normalized spacial score (nSPS) is 16.2. The summed E-state index contributed by atoms with van der Waals surface area (Å²) in [5.41, 5.74) is 0.262. The molecule has 0 unspecified atom stereocenters. The molecule has 0 amide bonds. The van der Waals surface area contributed by atoms with Crippen molar-refractivity contribution in [1.29, 1.82) is 0 Å². The molecule has 0 aliphatic carbocycles. The topological polar surface area (TPSA) is 45.7 Å². The van der Waals surface area contributed by atoms with Crippen molar-refractivity contribution in [3.63, 3.8) is 0 Å². The minimum absolute atomic E-state index is 0. The largest absolute Gasteiger partial charge is 0.381 e. The maximum absolute atomic E-state index is 5.43. The number of nitrogens with one attached hydrogen (secondary N) is 2. The first-order valence-corrected chi connectivity index (χ1v) is 7.67. The van der Waals surface area contributed by atoms with Gasteiger partial charge in [0.15, 0.2) is 5.96 Å². The van der Waals surface area contributed by atoms with Gasteiger partial charge in [0.25, 0.3) is 0 Å². The zero-order chi connectivity index (χ0) is 14.1. The number of aliphatic imine (C=N–C) groups is 1. The number of halogens is 1. The lowest BCUT2D eigenvalue weighted by Crippen LogP contribution is -2.38. The van der Waals surface area contributed by atoms with Gasteiger partial charge in [-0.05, 0) is 44.4 Å². The second kappa shape index (κ2) is 10.7. The van der Waals surface area contributed by atoms with E-state index in [1.807, 2.05) is 0 Å². The highest BCUT2D eigenvalue weighted by atomic mass is 127. The van der Waals surface area contributed by atoms with Gasteiger partial charge >= 0.3 is 0 Å². The van der Waals surface area contributed by atoms with Crippen LogP contribution in [0.4, 0.5) is 0 Å². The standard InChI is InChI=1S/C15H31N3O.HI/c1-5-16-14(17-6-2)18-12-15(3,4)11-13-7-9-19-10-8-13;/h13H,5-12H2,1-4H3,(H2,16,17,18);1H. The molecule has 1 aliphatic heterocycles. The third-order valence-electron chi connectivity index (χ3n) is 3.54. The van der Waals surface area contributed by atoms with Crippen molar-refractivity contribution in [2.75, 3.05) is 32.8 Å². The molecule has 1 aliphatic rings. The predicted octanol–water partition coefficient (Wildman–Crippen LogP) is 3.02. The molecule has 0 bridgehead atoms. The molecule has 0 aromatic heterocycles. The molecule has 120 valence electrons. The van der Waals surface area contributed by atoms with Gasteiger partial charge < -0.3 is 15.4 Å². The van der Waals surface area contributed by atoms with Crippen LogP contribution in [0.2, 0.25) is 0 Å². The van der Waals surface area contributed by atoms with E-state index >= 15 is 0 Å². The number of guanidine groups is 1. The van der Waals surface area contributed by atoms with E-state index in [1.165, 1.54) is 19.3 Å². The number of nitrogens with zero attached hydrogens (tertiary/aromatic N) is 1. The highest BCUT2D eigenvalue weighted by molar-refractivity contribution is 14.0. The van der Waals surface area contributed by atoms with Crippen molar-refractivity contribution in [2.24, 2.45) is 16.3 Å². The molecule has 1 saturated heterocycles. The Balaban J connectivity index is 0.00000361. The fourth-order valence-electron chi connectivity index (χ4n) is 2.60. The zero-order valence-corrected chi connectivity index (χ0v) is 15.8. The summed E-state index contributed by atoms with van der Waals surface area (Å²) < 4.78 is 5.43. The van der Waals surface area contributed by atoms with E-state index in [-0.39, 0.29) is 29.4 Å². The van der Waals surface area contributed by atoms with Crippen LogP contribution in [-0.4, -0.2) is 38.8 Å². The molecule has 5 heteroatoms. The van der Waals surface area contributed by atoms with Crippen LogP contribution in [0.3, 0.4) is 0 Å². The molecule has 2 N–H and O–H groups in total. The summed E-state index contributed by atoms with van der Waals surface area (Å²) in [6.07, 6.45) is 3.66. The average Bonchev–Trinajstić information content (AvgIpc) is 2.37. The summed E-state index contributed by atoms with van der Waals surface area (Å²) in [5.74, 6) is 1.74. The first-order chi connectivity index (χ1) is 9.07. The van der Waals surface area contributed by atoms with Crippen LogP contribution in [0.5, 0.6) is 0 Å². The van der Waals surface area contributed by atoms with E-state index in [1.54, 1.807) is 0 Å². The van der Waals surface area contributed by atoms with E-state index in [0.717, 1.165) is 44.7 Å². The number of ether oxygens (including phenoxy) is 1. The smallest absolute Gasteiger partial charge is 0.191 e. The summed E-state index contributed by atoms with van der Waals surface area (Å²) in [4.78, 5) is 4.70. The average molecular weight is 397 g/mol. The van der Waals surface area contributed by atoms with Crippen LogP contribution in [0.15, 0.2) is 4.99 Å². The second-order valence-corrected chi connectivity index (χ2v) is 6.15. The Morgan fingerprint density at radius 1 is 1.15 bits per heavy atom. The molecule has 0 spiro atoms. The van der Waals surface area contributed by atoms with Crippen molar-refractivity contribution >= 4 is 29.9 Å². The summed E-state index contributed by atoms with van der Waals surface area (Å²) in [6.45, 7) is 13.4. The fourth-order valence-corrected chi connectivity index (χ4v) is 2.60. The third kappa shape index (κ3) is 8.29. The zero-order valence-electron chi connectivity index (χ0n) is 13.5. The highest BCUT2D eigenvalue weighted by Crippen LogP contribution is 2.31. The maximum atomic E-state index is 5.43. The molecule has 4 nitrogen and oxygen atoms in total. The minimum atomic E-state index is 0. The van der Waals surface area contributed by atoms with Crippen LogP contribution < -0.4 is 10.6 Å². The Labute approximate surface area is 141 Å². The molecule has 0 saturated carbocycles. The predicted molar refractivity (Wildman–Crippen MR) is 97.0 cm³/mol. The van der Waals surface area contributed by atoms with Crippen molar-refractivity contribution in [2.45, 2.75) is 47.0 Å². The van der Waals surface area contributed by atoms with Crippen molar-refractivity contribution in [3.05, 3.63) is 0 Å². The minimum Gasteiger partial charge on any atom is -0.381 e. The van der Waals surface area contributed by atoms with Crippen LogP contribution >= 0.6 is 24.0 Å². The van der Waals surface area contributed by atoms with E-state index in [4.69, 9.17) is 9.73 Å². The monoisotopic (exact) mass is 397 g/mol. The van der Waals surface area contributed by atoms with Gasteiger partial charge in [0, 0.05) is 32.8 Å². The third-order valence-corrected chi connectivity index (χ3v) is 3.54. The number of rotatable bonds is 6. The van der Waals surface area contributed by atoms with Crippen molar-refractivity contribution < 1.29 is 4.74 Å². The second-order valence-electron chi connectivity index (χ2n) is 6.15. The van der Waals surface area contributed by atoms with Crippen LogP contribution in [-0.2, 0) is 4.74 Å². The lowest BCUT2D eigenvalue weighted by Gasteiger charge is -2.31. The van der Waals surface area contributed by atoms with Crippen LogP contribution in [0.25, 0.3) is 0 Å². The van der Waals surface area contributed by atoms with E-state index in [0.29, 0.717) is 0 Å². The van der Waals surface area contributed by atoms with Gasteiger partial charge in [-0.15, -0.1) is 24.0 Å². The number of hydrogen-bond acceptors (Lipinski definition) is 2. The summed E-state index contributed by atoms with van der Waals surface area (Å²) >= 11 is 0. The molecular formula is C15H32IN3O. The molecule has 1 fully saturated rings. The molecule has 0 atom stereocenters. The summed E-state index contributed by atoms with van der Waals surface area (Å²) in [6, 6.07) is 0. The Morgan fingerprint density at radius 2 is 1.70 bits per heavy atom. The quantitative estimate of drug-likeness (QED) is 0.412. The van der Waals surface area contributed by atoms with E-state index in [9.17, 15) is 0 Å². The van der Waals surface area contributed by atoms with Crippen LogP contribution in [0, 0.1) is 11.3 Å². The van der Waals surface area contributed by atoms with Gasteiger partial charge in [0.2, 0.25) is 0 Å². The summed E-state index contributed by atoms with van der Waals surface area (Å²) in [5, 5.41) is 6.56. The lowest BCUT2D eigenvalue weighted by atomic mass is 9.80. The Bertz CT molecular complexity index is 268. The lowest BCUT2D eigenvalue weighted by molar-refractivity contribution is 0.0522. The van der Waals surface area contributed by atoms with E-state index in [2.05, 4.69) is 38.3 Å². The molecular weight excluding hydrogens is 365 g/mol. The van der Waals surface area contributed by atoms with Crippen molar-refractivity contribution in [1.82, 2.24) is 10.6 Å². The Hall–Kier alpha value is -0.0400. The SMILES string of the molecule is CCNC(=NCC(C)(C)CC1CCOCC1)NCC.I. The van der Waals surface area contributed by atoms with Gasteiger partial charge in [-0.25, -0.2) is 0 Å². The first-order valence-electron chi connectivity index (χ1n) is 7.67. The molecule has 1 heterocycles. The Kier molecular flexibility index (Phi) is 10.6. The van der Waals surface area contributed by atoms with Gasteiger partial charge in [-0.3, -0.25) is 4.99 Å². The van der Waals surface area contributed by atoms with Gasteiger partial charge in [0.1, 0.15) is 0 Å². The van der Waals surface area contributed by atoms with E-state index < -0.39 is 0 Å². The molecule has 1 rings (SSSR count). The molecule has 0 radical (unpaired) electrons. The first kappa shape index (κ1) is 20.0. The number of hydrogen-bond donors (Lipinski definition) is 2. The van der Waals surface area contributed by atoms with Crippen molar-refractivity contribution in [3.8, 4) is 0 Å². The molecule has 0 aromatic carbocycles. The van der Waals surface area contributed by atoms with Gasteiger partial charge in [0.05, 0.1) is 0 Å². The van der Waals surface area contributed by atoms with Crippen LogP contribution in [0.1, 0.15) is 47.0 Å². The summed E-state index contributed by atoms with van der Waals surface area (Å²) in [7, 11) is 0. The van der Waals surface area contributed by atoms with Gasteiger partial charge in [-0.2, -0.15) is 0 Å². The molecule has 20 heavy (non-hydrogen) atoms. The highest BCUT2D eigenvalue weighted by Gasteiger charge is 2.24. The molecule has 0 aromatic rings. The fraction of sp³-hybridized carbons (Fsp3) is 0.933.